The summed E-state index contributed by atoms with van der Waals surface area (Å²) in [7, 11) is 1.77. The molecule has 1 heterocycles. The second kappa shape index (κ2) is 15.4. The van der Waals surface area contributed by atoms with E-state index in [2.05, 4.69) is 29.4 Å². The van der Waals surface area contributed by atoms with Gasteiger partial charge in [-0.05, 0) is 51.6 Å². The summed E-state index contributed by atoms with van der Waals surface area (Å²) in [6.45, 7) is 13.0. The SMILES string of the molecule is CCCCOCCCNC(=NCC1CCN(CCOC)CC1)NCC. The maximum atomic E-state index is 5.60. The van der Waals surface area contributed by atoms with Crippen molar-refractivity contribution in [2.24, 2.45) is 10.9 Å². The molecule has 1 saturated heterocycles. The van der Waals surface area contributed by atoms with Gasteiger partial charge in [0.1, 0.15) is 0 Å². The molecule has 2 N–H and O–H groups in total. The second-order valence-electron chi connectivity index (χ2n) is 6.74. The maximum Gasteiger partial charge on any atom is 0.191 e. The summed E-state index contributed by atoms with van der Waals surface area (Å²) in [5.74, 6) is 1.64. The number of nitrogens with one attached hydrogen (secondary N) is 2. The lowest BCUT2D eigenvalue weighted by atomic mass is 9.97. The van der Waals surface area contributed by atoms with Gasteiger partial charge < -0.3 is 25.0 Å². The van der Waals surface area contributed by atoms with E-state index in [1.165, 1.54) is 32.4 Å². The first-order valence-electron chi connectivity index (χ1n) is 10.1. The standard InChI is InChI=1S/C19H40N4O2/c1-4-6-14-25-15-7-10-21-19(20-5-2)22-17-18-8-11-23(12-9-18)13-16-24-3/h18H,4-17H2,1-3H3,(H2,20,21,22). The number of piperidine rings is 1. The Labute approximate surface area is 154 Å². The van der Waals surface area contributed by atoms with E-state index in [1.807, 2.05) is 0 Å². The monoisotopic (exact) mass is 356 g/mol. The Balaban J connectivity index is 2.17. The van der Waals surface area contributed by atoms with Crippen molar-refractivity contribution < 1.29 is 9.47 Å². The molecule has 0 aromatic rings. The number of nitrogens with zero attached hydrogens (tertiary/aromatic N) is 2. The molecule has 6 nitrogen and oxygen atoms in total. The fourth-order valence-corrected chi connectivity index (χ4v) is 2.90. The van der Waals surface area contributed by atoms with Crippen LogP contribution in [-0.4, -0.2) is 77.1 Å². The molecule has 0 aromatic carbocycles. The summed E-state index contributed by atoms with van der Waals surface area (Å²) >= 11 is 0. The molecular weight excluding hydrogens is 316 g/mol. The second-order valence-corrected chi connectivity index (χ2v) is 6.74. The number of rotatable bonds is 13. The van der Waals surface area contributed by atoms with Crippen LogP contribution in [0.3, 0.4) is 0 Å². The van der Waals surface area contributed by atoms with Gasteiger partial charge in [0.15, 0.2) is 5.96 Å². The van der Waals surface area contributed by atoms with E-state index in [9.17, 15) is 0 Å². The Kier molecular flexibility index (Phi) is 13.7. The van der Waals surface area contributed by atoms with Gasteiger partial charge in [-0.2, -0.15) is 0 Å². The highest BCUT2D eigenvalue weighted by atomic mass is 16.5. The van der Waals surface area contributed by atoms with Gasteiger partial charge in [-0.15, -0.1) is 0 Å². The van der Waals surface area contributed by atoms with E-state index in [4.69, 9.17) is 14.5 Å². The Morgan fingerprint density at radius 2 is 1.84 bits per heavy atom. The van der Waals surface area contributed by atoms with Crippen LogP contribution in [0.1, 0.15) is 46.0 Å². The number of aliphatic imine (C=N–C) groups is 1. The molecule has 1 aliphatic heterocycles. The van der Waals surface area contributed by atoms with Crippen molar-refractivity contribution in [1.82, 2.24) is 15.5 Å². The van der Waals surface area contributed by atoms with Gasteiger partial charge in [-0.1, -0.05) is 13.3 Å². The van der Waals surface area contributed by atoms with Crippen molar-refractivity contribution in [2.45, 2.75) is 46.0 Å². The Bertz CT molecular complexity index is 331. The maximum absolute atomic E-state index is 5.60. The molecule has 0 amide bonds. The molecule has 6 heteroatoms. The quantitative estimate of drug-likeness (QED) is 0.301. The van der Waals surface area contributed by atoms with Crippen molar-refractivity contribution in [1.29, 1.82) is 0 Å². The lowest BCUT2D eigenvalue weighted by Crippen LogP contribution is -2.39. The third kappa shape index (κ3) is 11.4. The van der Waals surface area contributed by atoms with E-state index in [1.54, 1.807) is 7.11 Å². The minimum Gasteiger partial charge on any atom is -0.383 e. The largest absolute Gasteiger partial charge is 0.383 e. The van der Waals surface area contributed by atoms with Gasteiger partial charge in [0, 0.05) is 46.5 Å². The molecule has 0 spiro atoms. The minimum absolute atomic E-state index is 0.701. The van der Waals surface area contributed by atoms with E-state index < -0.39 is 0 Å². The summed E-state index contributed by atoms with van der Waals surface area (Å²) in [4.78, 5) is 7.27. The van der Waals surface area contributed by atoms with Crippen LogP contribution in [0, 0.1) is 5.92 Å². The fourth-order valence-electron chi connectivity index (χ4n) is 2.90. The molecular formula is C19H40N4O2. The predicted octanol–water partition coefficient (Wildman–Crippen LogP) is 2.11. The topological polar surface area (TPSA) is 58.1 Å². The van der Waals surface area contributed by atoms with E-state index in [-0.39, 0.29) is 0 Å². The summed E-state index contributed by atoms with van der Waals surface area (Å²) in [6, 6.07) is 0. The lowest BCUT2D eigenvalue weighted by Gasteiger charge is -2.31. The Morgan fingerprint density at radius 3 is 2.52 bits per heavy atom. The summed E-state index contributed by atoms with van der Waals surface area (Å²) in [6.07, 6.45) is 5.84. The normalized spacial score (nSPS) is 17.0. The molecule has 0 aromatic heterocycles. The average Bonchev–Trinajstić information content (AvgIpc) is 2.64. The molecule has 0 atom stereocenters. The average molecular weight is 357 g/mol. The fraction of sp³-hybridized carbons (Fsp3) is 0.947. The predicted molar refractivity (Wildman–Crippen MR) is 105 cm³/mol. The van der Waals surface area contributed by atoms with Gasteiger partial charge in [0.05, 0.1) is 6.61 Å². The number of methoxy groups -OCH3 is 1. The van der Waals surface area contributed by atoms with Gasteiger partial charge >= 0.3 is 0 Å². The molecule has 1 aliphatic rings. The van der Waals surface area contributed by atoms with Crippen LogP contribution < -0.4 is 10.6 Å². The molecule has 0 unspecified atom stereocenters. The first kappa shape index (κ1) is 22.2. The Hall–Kier alpha value is -0.850. The van der Waals surface area contributed by atoms with Gasteiger partial charge in [0.25, 0.3) is 0 Å². The molecule has 0 bridgehead atoms. The summed E-state index contributed by atoms with van der Waals surface area (Å²) < 4.78 is 10.8. The molecule has 1 rings (SSSR count). The molecule has 0 radical (unpaired) electrons. The van der Waals surface area contributed by atoms with Crippen molar-refractivity contribution in [3.05, 3.63) is 0 Å². The van der Waals surface area contributed by atoms with Gasteiger partial charge in [-0.3, -0.25) is 4.99 Å². The van der Waals surface area contributed by atoms with E-state index in [0.717, 1.165) is 64.8 Å². The molecule has 1 fully saturated rings. The Morgan fingerprint density at radius 1 is 1.08 bits per heavy atom. The number of unbranched alkanes of at least 4 members (excludes halogenated alkanes) is 1. The van der Waals surface area contributed by atoms with Crippen LogP contribution in [0.5, 0.6) is 0 Å². The van der Waals surface area contributed by atoms with Crippen LogP contribution in [0.25, 0.3) is 0 Å². The summed E-state index contributed by atoms with van der Waals surface area (Å²) in [5.41, 5.74) is 0. The van der Waals surface area contributed by atoms with Crippen LogP contribution in [0.2, 0.25) is 0 Å². The zero-order chi connectivity index (χ0) is 18.2. The van der Waals surface area contributed by atoms with Crippen molar-refractivity contribution >= 4 is 5.96 Å². The molecule has 148 valence electrons. The highest BCUT2D eigenvalue weighted by Crippen LogP contribution is 2.17. The van der Waals surface area contributed by atoms with Crippen LogP contribution in [-0.2, 0) is 9.47 Å². The van der Waals surface area contributed by atoms with Gasteiger partial charge in [0.2, 0.25) is 0 Å². The van der Waals surface area contributed by atoms with Crippen molar-refractivity contribution in [3.8, 4) is 0 Å². The van der Waals surface area contributed by atoms with E-state index >= 15 is 0 Å². The van der Waals surface area contributed by atoms with Gasteiger partial charge in [-0.25, -0.2) is 0 Å². The van der Waals surface area contributed by atoms with Crippen molar-refractivity contribution in [2.75, 3.05) is 66.2 Å². The van der Waals surface area contributed by atoms with Crippen molar-refractivity contribution in [3.63, 3.8) is 0 Å². The molecule has 25 heavy (non-hydrogen) atoms. The first-order valence-corrected chi connectivity index (χ1v) is 10.1. The van der Waals surface area contributed by atoms with Crippen LogP contribution in [0.15, 0.2) is 4.99 Å². The molecule has 0 saturated carbocycles. The highest BCUT2D eigenvalue weighted by molar-refractivity contribution is 5.79. The summed E-state index contributed by atoms with van der Waals surface area (Å²) in [5, 5.41) is 6.76. The number of guanidine groups is 1. The third-order valence-corrected chi connectivity index (χ3v) is 4.57. The number of ether oxygens (including phenoxy) is 2. The highest BCUT2D eigenvalue weighted by Gasteiger charge is 2.18. The number of likely N-dealkylation sites (tertiary alicyclic amines) is 1. The van der Waals surface area contributed by atoms with E-state index in [0.29, 0.717) is 5.92 Å². The number of hydrogen-bond donors (Lipinski definition) is 2. The zero-order valence-electron chi connectivity index (χ0n) is 16.7. The zero-order valence-corrected chi connectivity index (χ0v) is 16.7. The lowest BCUT2D eigenvalue weighted by molar-refractivity contribution is 0.121. The number of hydrogen-bond acceptors (Lipinski definition) is 4. The van der Waals surface area contributed by atoms with Crippen LogP contribution in [0.4, 0.5) is 0 Å². The first-order chi connectivity index (χ1) is 12.3. The minimum atomic E-state index is 0.701. The van der Waals surface area contributed by atoms with Crippen LogP contribution >= 0.6 is 0 Å². The third-order valence-electron chi connectivity index (χ3n) is 4.57. The molecule has 0 aliphatic carbocycles. The smallest absolute Gasteiger partial charge is 0.191 e.